The minimum absolute atomic E-state index is 0.170. The fourth-order valence-electron chi connectivity index (χ4n) is 3.25. The molecule has 0 saturated carbocycles. The van der Waals surface area contributed by atoms with Crippen LogP contribution in [0.3, 0.4) is 0 Å². The van der Waals surface area contributed by atoms with Crippen LogP contribution < -0.4 is 9.47 Å². The second kappa shape index (κ2) is 11.8. The summed E-state index contributed by atoms with van der Waals surface area (Å²) in [7, 11) is 1.53. The lowest BCUT2D eigenvalue weighted by Crippen LogP contribution is -2.34. The molecular formula is C25H24ClNO6S. The Morgan fingerprint density at radius 2 is 1.94 bits per heavy atom. The first-order chi connectivity index (χ1) is 16.4. The zero-order chi connectivity index (χ0) is 24.7. The number of carbonyl (C=O) groups is 3. The Morgan fingerprint density at radius 3 is 2.59 bits per heavy atom. The fraction of sp³-hybridized carbons (Fsp3) is 0.240. The Morgan fingerprint density at radius 1 is 1.21 bits per heavy atom. The van der Waals surface area contributed by atoms with Crippen molar-refractivity contribution < 1.29 is 28.6 Å². The second-order valence-corrected chi connectivity index (χ2v) is 8.62. The first kappa shape index (κ1) is 25.4. The molecule has 1 saturated heterocycles. The number of ether oxygens (including phenoxy) is 3. The van der Waals surface area contributed by atoms with Gasteiger partial charge in [0.15, 0.2) is 11.5 Å². The smallest absolute Gasteiger partial charge is 0.326 e. The van der Waals surface area contributed by atoms with Crippen LogP contribution >= 0.6 is 23.4 Å². The molecule has 0 unspecified atom stereocenters. The number of hydrogen-bond donors (Lipinski definition) is 0. The van der Waals surface area contributed by atoms with Crippen LogP contribution in [0, 0.1) is 0 Å². The highest BCUT2D eigenvalue weighted by Gasteiger charge is 2.36. The molecule has 7 nitrogen and oxygen atoms in total. The van der Waals surface area contributed by atoms with Gasteiger partial charge in [0.05, 0.1) is 18.6 Å². The number of thioether (sulfide) groups is 1. The average Bonchev–Trinajstić information content (AvgIpc) is 3.06. The molecule has 0 aromatic heterocycles. The van der Waals surface area contributed by atoms with Gasteiger partial charge in [-0.2, -0.15) is 0 Å². The van der Waals surface area contributed by atoms with Crippen LogP contribution in [-0.4, -0.2) is 42.3 Å². The second-order valence-electron chi connectivity index (χ2n) is 7.19. The van der Waals surface area contributed by atoms with Crippen LogP contribution in [0.1, 0.15) is 23.6 Å². The van der Waals surface area contributed by atoms with Crippen molar-refractivity contribution in [2.45, 2.75) is 20.0 Å². The van der Waals surface area contributed by atoms with E-state index in [-0.39, 0.29) is 11.5 Å². The van der Waals surface area contributed by atoms with Crippen molar-refractivity contribution in [3.05, 3.63) is 75.7 Å². The van der Waals surface area contributed by atoms with E-state index in [9.17, 15) is 14.4 Å². The largest absolute Gasteiger partial charge is 0.493 e. The lowest BCUT2D eigenvalue weighted by molar-refractivity contribution is -0.145. The quantitative estimate of drug-likeness (QED) is 0.249. The Bertz CT molecular complexity index is 1130. The van der Waals surface area contributed by atoms with E-state index in [2.05, 4.69) is 6.58 Å². The maximum atomic E-state index is 12.7. The summed E-state index contributed by atoms with van der Waals surface area (Å²) >= 11 is 6.72. The zero-order valence-electron chi connectivity index (χ0n) is 18.8. The molecule has 0 spiro atoms. The van der Waals surface area contributed by atoms with Crippen LogP contribution in [0.2, 0.25) is 5.02 Å². The van der Waals surface area contributed by atoms with Gasteiger partial charge in [-0.15, -0.1) is 6.58 Å². The van der Waals surface area contributed by atoms with Crippen LogP contribution in [0.25, 0.3) is 6.08 Å². The van der Waals surface area contributed by atoms with Crippen molar-refractivity contribution in [1.29, 1.82) is 0 Å². The monoisotopic (exact) mass is 501 g/mol. The standard InChI is InChI=1S/C25H24ClNO6S/c1-4-6-18-11-17(13-21-24(29)27(25(30)34-21)14-22(28)32-5-2)12-20(31-3)23(18)33-15-16-7-9-19(26)10-8-16/h4,7-13H,1,5-6,14-15H2,2-3H3/b21-13+. The summed E-state index contributed by atoms with van der Waals surface area (Å²) in [5, 5.41) is 0.121. The van der Waals surface area contributed by atoms with Gasteiger partial charge in [-0.1, -0.05) is 29.8 Å². The van der Waals surface area contributed by atoms with Gasteiger partial charge in [0, 0.05) is 10.6 Å². The molecule has 3 rings (SSSR count). The summed E-state index contributed by atoms with van der Waals surface area (Å²) in [6.07, 6.45) is 3.83. The van der Waals surface area contributed by atoms with Crippen molar-refractivity contribution in [2.24, 2.45) is 0 Å². The molecule has 34 heavy (non-hydrogen) atoms. The van der Waals surface area contributed by atoms with Gasteiger partial charge < -0.3 is 14.2 Å². The van der Waals surface area contributed by atoms with Crippen LogP contribution in [0.5, 0.6) is 11.5 Å². The summed E-state index contributed by atoms with van der Waals surface area (Å²) < 4.78 is 16.5. The third-order valence-electron chi connectivity index (χ3n) is 4.80. The van der Waals surface area contributed by atoms with E-state index in [0.29, 0.717) is 35.1 Å². The number of rotatable bonds is 10. The molecule has 9 heteroatoms. The SMILES string of the molecule is C=CCc1cc(/C=C2/SC(=O)N(CC(=O)OCC)C2=O)cc(OC)c1OCc1ccc(Cl)cc1. The van der Waals surface area contributed by atoms with Crippen molar-refractivity contribution in [2.75, 3.05) is 20.3 Å². The molecule has 0 atom stereocenters. The van der Waals surface area contributed by atoms with Crippen molar-refractivity contribution in [3.63, 3.8) is 0 Å². The summed E-state index contributed by atoms with van der Waals surface area (Å²) in [6, 6.07) is 10.9. The predicted octanol–water partition coefficient (Wildman–Crippen LogP) is 5.26. The molecule has 1 aliphatic rings. The number of amides is 2. The molecular weight excluding hydrogens is 478 g/mol. The minimum atomic E-state index is -0.636. The molecule has 0 N–H and O–H groups in total. The molecule has 0 aliphatic carbocycles. The first-order valence-electron chi connectivity index (χ1n) is 10.5. The Kier molecular flexibility index (Phi) is 8.79. The molecule has 1 heterocycles. The van der Waals surface area contributed by atoms with Gasteiger partial charge in [0.1, 0.15) is 13.2 Å². The van der Waals surface area contributed by atoms with Crippen LogP contribution in [0.15, 0.2) is 54.0 Å². The number of halogens is 1. The highest BCUT2D eigenvalue weighted by Crippen LogP contribution is 2.37. The van der Waals surface area contributed by atoms with E-state index in [4.69, 9.17) is 25.8 Å². The summed E-state index contributed by atoms with van der Waals surface area (Å²) in [6.45, 7) is 5.52. The van der Waals surface area contributed by atoms with E-state index in [1.165, 1.54) is 7.11 Å². The summed E-state index contributed by atoms with van der Waals surface area (Å²) in [4.78, 5) is 37.8. The number of hydrogen-bond acceptors (Lipinski definition) is 7. The van der Waals surface area contributed by atoms with Gasteiger partial charge in [-0.05, 0) is 66.6 Å². The molecule has 2 amide bonds. The van der Waals surface area contributed by atoms with Crippen molar-refractivity contribution >= 4 is 46.6 Å². The van der Waals surface area contributed by atoms with E-state index in [1.807, 2.05) is 18.2 Å². The van der Waals surface area contributed by atoms with Gasteiger partial charge >= 0.3 is 5.97 Å². The first-order valence-corrected chi connectivity index (χ1v) is 11.7. The molecule has 178 valence electrons. The molecule has 1 fully saturated rings. The lowest BCUT2D eigenvalue weighted by Gasteiger charge is -2.16. The van der Waals surface area contributed by atoms with E-state index >= 15 is 0 Å². The highest BCUT2D eigenvalue weighted by atomic mass is 35.5. The Labute approximate surface area is 207 Å². The Hall–Kier alpha value is -3.23. The Balaban J connectivity index is 1.86. The molecule has 1 aliphatic heterocycles. The molecule has 0 bridgehead atoms. The van der Waals surface area contributed by atoms with Gasteiger partial charge in [-0.3, -0.25) is 19.3 Å². The number of esters is 1. The van der Waals surface area contributed by atoms with Crippen LogP contribution in [-0.2, 0) is 27.4 Å². The maximum Gasteiger partial charge on any atom is 0.326 e. The topological polar surface area (TPSA) is 82.1 Å². The van der Waals surface area contributed by atoms with Gasteiger partial charge in [-0.25, -0.2) is 0 Å². The van der Waals surface area contributed by atoms with Crippen molar-refractivity contribution in [3.8, 4) is 11.5 Å². The highest BCUT2D eigenvalue weighted by molar-refractivity contribution is 8.18. The lowest BCUT2D eigenvalue weighted by atomic mass is 10.0. The van der Waals surface area contributed by atoms with Crippen molar-refractivity contribution in [1.82, 2.24) is 4.90 Å². The number of nitrogens with zero attached hydrogens (tertiary/aromatic N) is 1. The predicted molar refractivity (Wildman–Crippen MR) is 132 cm³/mol. The molecule has 0 radical (unpaired) electrons. The average molecular weight is 502 g/mol. The molecule has 2 aromatic rings. The van der Waals surface area contributed by atoms with E-state index in [0.717, 1.165) is 27.8 Å². The van der Waals surface area contributed by atoms with Crippen LogP contribution in [0.4, 0.5) is 4.79 Å². The normalized spacial score (nSPS) is 14.4. The number of imide groups is 1. The fourth-order valence-corrected chi connectivity index (χ4v) is 4.21. The van der Waals surface area contributed by atoms with E-state index < -0.39 is 23.7 Å². The van der Waals surface area contributed by atoms with Gasteiger partial charge in [0.2, 0.25) is 0 Å². The number of allylic oxidation sites excluding steroid dienone is 1. The summed E-state index contributed by atoms with van der Waals surface area (Å²) in [5.74, 6) is -0.145. The number of benzene rings is 2. The van der Waals surface area contributed by atoms with Gasteiger partial charge in [0.25, 0.3) is 11.1 Å². The zero-order valence-corrected chi connectivity index (χ0v) is 20.4. The number of methoxy groups -OCH3 is 1. The third-order valence-corrected chi connectivity index (χ3v) is 5.96. The maximum absolute atomic E-state index is 12.7. The van der Waals surface area contributed by atoms with E-state index in [1.54, 1.807) is 37.3 Å². The minimum Gasteiger partial charge on any atom is -0.493 e. The third kappa shape index (κ3) is 6.21. The molecule has 2 aromatic carbocycles. The number of carbonyl (C=O) groups excluding carboxylic acids is 3. The summed E-state index contributed by atoms with van der Waals surface area (Å²) in [5.41, 5.74) is 2.39.